The lowest BCUT2D eigenvalue weighted by atomic mass is 10.1. The fraction of sp³-hybridized carbons (Fsp3) is 0.350. The van der Waals surface area contributed by atoms with Crippen LogP contribution in [-0.4, -0.2) is 42.9 Å². The van der Waals surface area contributed by atoms with Crippen LogP contribution in [0.5, 0.6) is 0 Å². The molecule has 1 heterocycles. The van der Waals surface area contributed by atoms with Gasteiger partial charge in [-0.3, -0.25) is 14.4 Å². The van der Waals surface area contributed by atoms with Gasteiger partial charge in [0.2, 0.25) is 0 Å². The maximum atomic E-state index is 12.1. The van der Waals surface area contributed by atoms with Gasteiger partial charge in [-0.05, 0) is 61.0 Å². The summed E-state index contributed by atoms with van der Waals surface area (Å²) >= 11 is 1.58. The Balaban J connectivity index is 1.75. The summed E-state index contributed by atoms with van der Waals surface area (Å²) in [4.78, 5) is 38.6. The predicted molar refractivity (Wildman–Crippen MR) is 105 cm³/mol. The summed E-state index contributed by atoms with van der Waals surface area (Å²) in [6, 6.07) is 7.32. The molecule has 6 nitrogen and oxygen atoms in total. The molecule has 0 atom stereocenters. The van der Waals surface area contributed by atoms with E-state index in [1.165, 1.54) is 4.90 Å². The summed E-state index contributed by atoms with van der Waals surface area (Å²) < 4.78 is 4.96. The Morgan fingerprint density at radius 1 is 1.07 bits per heavy atom. The van der Waals surface area contributed by atoms with Crippen molar-refractivity contribution in [2.24, 2.45) is 0 Å². The Morgan fingerprint density at radius 2 is 1.81 bits per heavy atom. The lowest BCUT2D eigenvalue weighted by Crippen LogP contribution is -2.34. The molecule has 0 saturated heterocycles. The van der Waals surface area contributed by atoms with E-state index in [1.807, 2.05) is 38.3 Å². The summed E-state index contributed by atoms with van der Waals surface area (Å²) in [6.07, 6.45) is 0. The van der Waals surface area contributed by atoms with Crippen molar-refractivity contribution in [3.8, 4) is 0 Å². The monoisotopic (exact) mass is 388 g/mol. The van der Waals surface area contributed by atoms with Gasteiger partial charge in [-0.15, -0.1) is 11.3 Å². The van der Waals surface area contributed by atoms with Crippen molar-refractivity contribution in [3.63, 3.8) is 0 Å². The van der Waals surface area contributed by atoms with Crippen molar-refractivity contribution in [1.82, 2.24) is 10.2 Å². The van der Waals surface area contributed by atoms with Crippen LogP contribution < -0.4 is 5.32 Å². The Kier molecular flexibility index (Phi) is 7.12. The average Bonchev–Trinajstić information content (AvgIpc) is 3.04. The summed E-state index contributed by atoms with van der Waals surface area (Å²) in [5, 5.41) is 4.48. The van der Waals surface area contributed by atoms with E-state index in [1.54, 1.807) is 30.5 Å². The van der Waals surface area contributed by atoms with Gasteiger partial charge in [-0.2, -0.15) is 0 Å². The molecule has 1 N–H and O–H groups in total. The van der Waals surface area contributed by atoms with Crippen LogP contribution in [0.3, 0.4) is 0 Å². The maximum Gasteiger partial charge on any atom is 0.325 e. The zero-order valence-electron chi connectivity index (χ0n) is 16.0. The van der Waals surface area contributed by atoms with E-state index in [-0.39, 0.29) is 25.0 Å². The third kappa shape index (κ3) is 5.92. The highest BCUT2D eigenvalue weighted by atomic mass is 32.1. The van der Waals surface area contributed by atoms with E-state index in [0.29, 0.717) is 12.1 Å². The predicted octanol–water partition coefficient (Wildman–Crippen LogP) is 2.60. The van der Waals surface area contributed by atoms with Crippen molar-refractivity contribution >= 4 is 29.1 Å². The SMILES string of the molecule is Cc1ccc(C(=O)NCC(=O)OCC(=O)N(C)Cc2sccc2C)cc1C. The third-order valence-corrected chi connectivity index (χ3v) is 5.30. The number of nitrogens with zero attached hydrogens (tertiary/aromatic N) is 1. The van der Waals surface area contributed by atoms with Gasteiger partial charge in [0.25, 0.3) is 11.8 Å². The number of aryl methyl sites for hydroxylation is 3. The molecular formula is C20H24N2O4S. The number of amides is 2. The highest BCUT2D eigenvalue weighted by molar-refractivity contribution is 7.10. The number of ether oxygens (including phenoxy) is 1. The van der Waals surface area contributed by atoms with Gasteiger partial charge in [0.1, 0.15) is 6.54 Å². The van der Waals surface area contributed by atoms with Crippen molar-refractivity contribution in [2.45, 2.75) is 27.3 Å². The van der Waals surface area contributed by atoms with Gasteiger partial charge >= 0.3 is 5.97 Å². The Hall–Kier alpha value is -2.67. The number of thiophene rings is 1. The van der Waals surface area contributed by atoms with E-state index in [2.05, 4.69) is 5.32 Å². The van der Waals surface area contributed by atoms with Crippen molar-refractivity contribution in [2.75, 3.05) is 20.2 Å². The summed E-state index contributed by atoms with van der Waals surface area (Å²) in [5.74, 6) is -1.30. The number of nitrogens with one attached hydrogen (secondary N) is 1. The van der Waals surface area contributed by atoms with E-state index < -0.39 is 5.97 Å². The topological polar surface area (TPSA) is 75.7 Å². The molecular weight excluding hydrogens is 364 g/mol. The third-order valence-electron chi connectivity index (χ3n) is 4.29. The summed E-state index contributed by atoms with van der Waals surface area (Å²) in [5.41, 5.74) is 3.70. The molecule has 0 aliphatic heterocycles. The number of likely N-dealkylation sites (N-methyl/N-ethyl adjacent to an activating group) is 1. The second kappa shape index (κ2) is 9.32. The largest absolute Gasteiger partial charge is 0.454 e. The van der Waals surface area contributed by atoms with Gasteiger partial charge in [0.15, 0.2) is 6.61 Å². The molecule has 2 aromatic rings. The molecule has 27 heavy (non-hydrogen) atoms. The van der Waals surface area contributed by atoms with Crippen molar-refractivity contribution < 1.29 is 19.1 Å². The molecule has 0 spiro atoms. The van der Waals surface area contributed by atoms with Gasteiger partial charge in [0.05, 0.1) is 6.54 Å². The average molecular weight is 388 g/mol. The van der Waals surface area contributed by atoms with Crippen LogP contribution >= 0.6 is 11.3 Å². The number of hydrogen-bond acceptors (Lipinski definition) is 5. The van der Waals surface area contributed by atoms with E-state index in [9.17, 15) is 14.4 Å². The fourth-order valence-corrected chi connectivity index (χ4v) is 3.27. The number of carbonyl (C=O) groups excluding carboxylic acids is 3. The number of benzene rings is 1. The van der Waals surface area contributed by atoms with Crippen molar-refractivity contribution in [3.05, 3.63) is 56.8 Å². The number of hydrogen-bond donors (Lipinski definition) is 1. The Bertz CT molecular complexity index is 844. The minimum atomic E-state index is -0.652. The molecule has 2 amide bonds. The lowest BCUT2D eigenvalue weighted by molar-refractivity contribution is -0.150. The van der Waals surface area contributed by atoms with Crippen LogP contribution in [-0.2, 0) is 20.9 Å². The molecule has 7 heteroatoms. The standard InChI is InChI=1S/C20H24N2O4S/c1-13-5-6-16(9-15(13)3)20(25)21-10-19(24)26-12-18(23)22(4)11-17-14(2)7-8-27-17/h5-9H,10-12H2,1-4H3,(H,21,25). The molecule has 1 aromatic carbocycles. The quantitative estimate of drug-likeness (QED) is 0.740. The first kappa shape index (κ1) is 20.6. The Labute approximate surface area is 163 Å². The normalized spacial score (nSPS) is 10.4. The minimum absolute atomic E-state index is 0.285. The highest BCUT2D eigenvalue weighted by Crippen LogP contribution is 2.17. The van der Waals surface area contributed by atoms with Crippen molar-refractivity contribution in [1.29, 1.82) is 0 Å². The van der Waals surface area contributed by atoms with Gasteiger partial charge in [-0.25, -0.2) is 0 Å². The first-order valence-electron chi connectivity index (χ1n) is 8.56. The molecule has 0 aliphatic rings. The van der Waals surface area contributed by atoms with Gasteiger partial charge < -0.3 is 15.0 Å². The van der Waals surface area contributed by atoms with E-state index in [0.717, 1.165) is 21.6 Å². The number of rotatable bonds is 7. The van der Waals surface area contributed by atoms with E-state index >= 15 is 0 Å². The zero-order valence-corrected chi connectivity index (χ0v) is 16.8. The van der Waals surface area contributed by atoms with Crippen LogP contribution in [0.15, 0.2) is 29.6 Å². The highest BCUT2D eigenvalue weighted by Gasteiger charge is 2.15. The molecule has 0 fully saturated rings. The van der Waals surface area contributed by atoms with Gasteiger partial charge in [0, 0.05) is 17.5 Å². The molecule has 0 saturated carbocycles. The zero-order chi connectivity index (χ0) is 20.0. The Morgan fingerprint density at radius 3 is 2.44 bits per heavy atom. The second-order valence-corrected chi connectivity index (χ2v) is 7.42. The fourth-order valence-electron chi connectivity index (χ4n) is 2.31. The molecule has 1 aromatic heterocycles. The molecule has 2 rings (SSSR count). The smallest absolute Gasteiger partial charge is 0.325 e. The number of esters is 1. The summed E-state index contributed by atoms with van der Waals surface area (Å²) in [6.45, 7) is 5.71. The molecule has 144 valence electrons. The summed E-state index contributed by atoms with van der Waals surface area (Å²) in [7, 11) is 1.66. The van der Waals surface area contributed by atoms with Crippen LogP contribution in [0.25, 0.3) is 0 Å². The van der Waals surface area contributed by atoms with Crippen LogP contribution in [0.2, 0.25) is 0 Å². The minimum Gasteiger partial charge on any atom is -0.454 e. The second-order valence-electron chi connectivity index (χ2n) is 6.42. The first-order valence-corrected chi connectivity index (χ1v) is 9.44. The number of carbonyl (C=O) groups is 3. The van der Waals surface area contributed by atoms with Crippen LogP contribution in [0.4, 0.5) is 0 Å². The molecule has 0 aliphatic carbocycles. The van der Waals surface area contributed by atoms with Crippen LogP contribution in [0, 0.1) is 20.8 Å². The molecule has 0 unspecified atom stereocenters. The molecule has 0 radical (unpaired) electrons. The van der Waals surface area contributed by atoms with E-state index in [4.69, 9.17) is 4.74 Å². The first-order chi connectivity index (χ1) is 12.8. The lowest BCUT2D eigenvalue weighted by Gasteiger charge is -2.17. The van der Waals surface area contributed by atoms with Crippen LogP contribution in [0.1, 0.15) is 31.9 Å². The van der Waals surface area contributed by atoms with Gasteiger partial charge in [-0.1, -0.05) is 6.07 Å². The molecule has 0 bridgehead atoms. The maximum absolute atomic E-state index is 12.1.